The SMILES string of the molecule is Cc1cccc(COc2ccc(C=C(C#N)c3ccc4ccccc4c3)cc2Br)c1. The molecule has 0 fully saturated rings. The van der Waals surface area contributed by atoms with Crippen molar-refractivity contribution in [1.29, 1.82) is 5.26 Å². The van der Waals surface area contributed by atoms with Gasteiger partial charge in [0, 0.05) is 0 Å². The van der Waals surface area contributed by atoms with E-state index in [0.717, 1.165) is 37.7 Å². The number of rotatable bonds is 5. The second-order valence-corrected chi connectivity index (χ2v) is 8.05. The number of fused-ring (bicyclic) bond motifs is 1. The van der Waals surface area contributed by atoms with Crippen LogP contribution >= 0.6 is 15.9 Å². The Labute approximate surface area is 185 Å². The highest BCUT2D eigenvalue weighted by molar-refractivity contribution is 9.10. The largest absolute Gasteiger partial charge is 0.488 e. The van der Waals surface area contributed by atoms with Gasteiger partial charge >= 0.3 is 0 Å². The molecule has 146 valence electrons. The first-order chi connectivity index (χ1) is 14.6. The quantitative estimate of drug-likeness (QED) is 0.230. The zero-order valence-electron chi connectivity index (χ0n) is 16.6. The van der Waals surface area contributed by atoms with Gasteiger partial charge in [-0.3, -0.25) is 0 Å². The van der Waals surface area contributed by atoms with Crippen molar-refractivity contribution < 1.29 is 4.74 Å². The first-order valence-electron chi connectivity index (χ1n) is 9.71. The van der Waals surface area contributed by atoms with E-state index < -0.39 is 0 Å². The summed E-state index contributed by atoms with van der Waals surface area (Å²) in [7, 11) is 0. The first kappa shape index (κ1) is 19.9. The molecule has 0 amide bonds. The molecular weight excluding hydrogens is 434 g/mol. The van der Waals surface area contributed by atoms with E-state index in [0.29, 0.717) is 12.2 Å². The van der Waals surface area contributed by atoms with E-state index >= 15 is 0 Å². The van der Waals surface area contributed by atoms with Gasteiger partial charge in [0.25, 0.3) is 0 Å². The lowest BCUT2D eigenvalue weighted by Gasteiger charge is -2.10. The highest BCUT2D eigenvalue weighted by Gasteiger charge is 2.06. The molecular formula is C27H20BrNO. The molecule has 3 heteroatoms. The van der Waals surface area contributed by atoms with Crippen molar-refractivity contribution in [2.24, 2.45) is 0 Å². The maximum atomic E-state index is 9.71. The standard InChI is InChI=1S/C27H20BrNO/c1-19-5-4-6-21(13-19)18-30-27-12-9-20(15-26(27)28)14-25(17-29)24-11-10-22-7-2-3-8-23(22)16-24/h2-16H,18H2,1H3. The number of hydrogen-bond donors (Lipinski definition) is 0. The minimum Gasteiger partial charge on any atom is -0.488 e. The third-order valence-corrected chi connectivity index (χ3v) is 5.54. The van der Waals surface area contributed by atoms with E-state index in [1.807, 2.05) is 54.6 Å². The smallest absolute Gasteiger partial charge is 0.134 e. The summed E-state index contributed by atoms with van der Waals surface area (Å²) in [6.45, 7) is 2.58. The fourth-order valence-electron chi connectivity index (χ4n) is 3.39. The van der Waals surface area contributed by atoms with Crippen LogP contribution in [0.15, 0.2) is 89.4 Å². The number of allylic oxidation sites excluding steroid dienone is 1. The highest BCUT2D eigenvalue weighted by atomic mass is 79.9. The molecule has 0 heterocycles. The van der Waals surface area contributed by atoms with Crippen LogP contribution in [0.25, 0.3) is 22.4 Å². The van der Waals surface area contributed by atoms with Crippen LogP contribution in [0, 0.1) is 18.3 Å². The van der Waals surface area contributed by atoms with Gasteiger partial charge in [-0.2, -0.15) is 5.26 Å². The summed E-state index contributed by atoms with van der Waals surface area (Å²) in [6.07, 6.45) is 1.90. The van der Waals surface area contributed by atoms with Crippen molar-refractivity contribution in [3.63, 3.8) is 0 Å². The van der Waals surface area contributed by atoms with Gasteiger partial charge in [0.2, 0.25) is 0 Å². The van der Waals surface area contributed by atoms with Gasteiger partial charge in [-0.15, -0.1) is 0 Å². The van der Waals surface area contributed by atoms with Crippen molar-refractivity contribution in [2.75, 3.05) is 0 Å². The minimum atomic E-state index is 0.510. The third kappa shape index (κ3) is 4.62. The lowest BCUT2D eigenvalue weighted by atomic mass is 10.0. The van der Waals surface area contributed by atoms with Gasteiger partial charge in [-0.05, 0) is 74.6 Å². The van der Waals surface area contributed by atoms with Crippen molar-refractivity contribution in [1.82, 2.24) is 0 Å². The lowest BCUT2D eigenvalue weighted by molar-refractivity contribution is 0.304. The van der Waals surface area contributed by atoms with E-state index in [9.17, 15) is 5.26 Å². The molecule has 0 aromatic heterocycles. The van der Waals surface area contributed by atoms with Crippen molar-refractivity contribution >= 4 is 38.4 Å². The molecule has 4 aromatic rings. The van der Waals surface area contributed by atoms with Gasteiger partial charge in [0.15, 0.2) is 0 Å². The lowest BCUT2D eigenvalue weighted by Crippen LogP contribution is -1.96. The van der Waals surface area contributed by atoms with Crippen molar-refractivity contribution in [2.45, 2.75) is 13.5 Å². The van der Waals surface area contributed by atoms with Crippen molar-refractivity contribution in [3.8, 4) is 11.8 Å². The Bertz CT molecular complexity index is 1280. The minimum absolute atomic E-state index is 0.510. The molecule has 30 heavy (non-hydrogen) atoms. The topological polar surface area (TPSA) is 33.0 Å². The first-order valence-corrected chi connectivity index (χ1v) is 10.5. The molecule has 4 rings (SSSR count). The number of nitriles is 1. The van der Waals surface area contributed by atoms with Gasteiger partial charge in [0.1, 0.15) is 12.4 Å². The highest BCUT2D eigenvalue weighted by Crippen LogP contribution is 2.29. The van der Waals surface area contributed by atoms with Crippen LogP contribution in [0.3, 0.4) is 0 Å². The molecule has 0 bridgehead atoms. The summed E-state index contributed by atoms with van der Waals surface area (Å²) in [5.74, 6) is 0.776. The number of halogens is 1. The average molecular weight is 454 g/mol. The average Bonchev–Trinajstić information content (AvgIpc) is 2.76. The normalized spacial score (nSPS) is 11.3. The Morgan fingerprint density at radius 1 is 0.933 bits per heavy atom. The molecule has 0 N–H and O–H groups in total. The predicted octanol–water partition coefficient (Wildman–Crippen LogP) is 7.55. The number of benzene rings is 4. The van der Waals surface area contributed by atoms with E-state index in [-0.39, 0.29) is 0 Å². The summed E-state index contributed by atoms with van der Waals surface area (Å²) in [6, 6.07) is 30.7. The van der Waals surface area contributed by atoms with Gasteiger partial charge in [0.05, 0.1) is 16.1 Å². The van der Waals surface area contributed by atoms with E-state index in [1.165, 1.54) is 5.56 Å². The fraction of sp³-hybridized carbons (Fsp3) is 0.0741. The van der Waals surface area contributed by atoms with Gasteiger partial charge < -0.3 is 4.74 Å². The second kappa shape index (κ2) is 8.98. The molecule has 0 spiro atoms. The molecule has 0 aliphatic heterocycles. The summed E-state index contributed by atoms with van der Waals surface area (Å²) >= 11 is 3.60. The summed E-state index contributed by atoms with van der Waals surface area (Å²) in [4.78, 5) is 0. The van der Waals surface area contributed by atoms with Crippen LogP contribution in [0.5, 0.6) is 5.75 Å². The molecule has 0 aliphatic rings. The maximum Gasteiger partial charge on any atom is 0.134 e. The van der Waals surface area contributed by atoms with Crippen LogP contribution in [0.2, 0.25) is 0 Å². The van der Waals surface area contributed by atoms with E-state index in [2.05, 4.69) is 65.3 Å². The van der Waals surface area contributed by atoms with Crippen molar-refractivity contribution in [3.05, 3.63) is 112 Å². The summed E-state index contributed by atoms with van der Waals surface area (Å²) in [5, 5.41) is 12.0. The Morgan fingerprint density at radius 2 is 1.77 bits per heavy atom. The molecule has 2 nitrogen and oxygen atoms in total. The van der Waals surface area contributed by atoms with Crippen LogP contribution < -0.4 is 4.74 Å². The van der Waals surface area contributed by atoms with Crippen LogP contribution in [-0.2, 0) is 6.61 Å². The Morgan fingerprint density at radius 3 is 2.53 bits per heavy atom. The Kier molecular flexibility index (Phi) is 5.97. The summed E-state index contributed by atoms with van der Waals surface area (Å²) < 4.78 is 6.83. The zero-order valence-corrected chi connectivity index (χ0v) is 18.2. The Balaban J connectivity index is 1.56. The number of nitrogens with zero attached hydrogens (tertiary/aromatic N) is 1. The van der Waals surface area contributed by atoms with E-state index in [1.54, 1.807) is 0 Å². The monoisotopic (exact) mass is 453 g/mol. The number of aryl methyl sites for hydroxylation is 1. The fourth-order valence-corrected chi connectivity index (χ4v) is 3.90. The molecule has 0 saturated heterocycles. The van der Waals surface area contributed by atoms with Crippen LogP contribution in [-0.4, -0.2) is 0 Å². The van der Waals surface area contributed by atoms with Crippen LogP contribution in [0.4, 0.5) is 0 Å². The maximum absolute atomic E-state index is 9.71. The zero-order chi connectivity index (χ0) is 20.9. The van der Waals surface area contributed by atoms with Gasteiger partial charge in [-0.1, -0.05) is 72.3 Å². The van der Waals surface area contributed by atoms with Crippen LogP contribution in [0.1, 0.15) is 22.3 Å². The molecule has 4 aromatic carbocycles. The molecule has 0 aliphatic carbocycles. The third-order valence-electron chi connectivity index (χ3n) is 4.92. The summed E-state index contributed by atoms with van der Waals surface area (Å²) in [5.41, 5.74) is 4.82. The second-order valence-electron chi connectivity index (χ2n) is 7.20. The van der Waals surface area contributed by atoms with E-state index in [4.69, 9.17) is 4.74 Å². The Hall–Kier alpha value is -3.35. The van der Waals surface area contributed by atoms with Gasteiger partial charge in [-0.25, -0.2) is 0 Å². The number of ether oxygens (including phenoxy) is 1. The predicted molar refractivity (Wildman–Crippen MR) is 127 cm³/mol. The number of hydrogen-bond acceptors (Lipinski definition) is 2. The molecule has 0 unspecified atom stereocenters. The molecule has 0 atom stereocenters. The molecule has 0 saturated carbocycles. The molecule has 0 radical (unpaired) electrons.